The standard InChI is InChI=1S/C15H21N3O5S/c1-9(2)12(15(20)21)16-13-14(19)17-24(22,23)18(13)8-11-6-4-5-10(3)7-11/h4-7,9,12-13,16H,8H2,1-3H3,(H,17,19)(H,20,21)/t12-,13+/m0/s1. The lowest BCUT2D eigenvalue weighted by atomic mass is 10.0. The molecule has 1 amide bonds. The van der Waals surface area contributed by atoms with Crippen LogP contribution in [0.1, 0.15) is 25.0 Å². The molecule has 0 bridgehead atoms. The van der Waals surface area contributed by atoms with Gasteiger partial charge in [0.2, 0.25) is 0 Å². The van der Waals surface area contributed by atoms with Gasteiger partial charge < -0.3 is 5.11 Å². The zero-order valence-electron chi connectivity index (χ0n) is 13.7. The molecule has 0 spiro atoms. The van der Waals surface area contributed by atoms with Crippen LogP contribution in [0.2, 0.25) is 0 Å². The van der Waals surface area contributed by atoms with E-state index in [1.54, 1.807) is 26.0 Å². The summed E-state index contributed by atoms with van der Waals surface area (Å²) < 4.78 is 27.3. The van der Waals surface area contributed by atoms with Gasteiger partial charge >= 0.3 is 16.2 Å². The fraction of sp³-hybridized carbons (Fsp3) is 0.467. The fourth-order valence-corrected chi connectivity index (χ4v) is 3.79. The van der Waals surface area contributed by atoms with Crippen LogP contribution in [0.15, 0.2) is 24.3 Å². The maximum absolute atomic E-state index is 12.2. The van der Waals surface area contributed by atoms with Gasteiger partial charge in [-0.25, -0.2) is 4.72 Å². The lowest BCUT2D eigenvalue weighted by Crippen LogP contribution is -2.54. The van der Waals surface area contributed by atoms with Crippen LogP contribution >= 0.6 is 0 Å². The molecule has 24 heavy (non-hydrogen) atoms. The van der Waals surface area contributed by atoms with E-state index in [0.29, 0.717) is 5.56 Å². The Balaban J connectivity index is 2.30. The van der Waals surface area contributed by atoms with Gasteiger partial charge in [-0.2, -0.15) is 12.7 Å². The molecule has 0 aliphatic carbocycles. The average molecular weight is 355 g/mol. The molecule has 1 aliphatic heterocycles. The molecule has 1 aromatic rings. The molecule has 3 N–H and O–H groups in total. The van der Waals surface area contributed by atoms with Gasteiger partial charge in [0.05, 0.1) is 0 Å². The van der Waals surface area contributed by atoms with Gasteiger partial charge in [-0.3, -0.25) is 14.9 Å². The van der Waals surface area contributed by atoms with Crippen LogP contribution in [-0.2, 0) is 26.3 Å². The Morgan fingerprint density at radius 1 is 1.42 bits per heavy atom. The topological polar surface area (TPSA) is 116 Å². The molecule has 1 fully saturated rings. The van der Waals surface area contributed by atoms with Crippen LogP contribution in [0.4, 0.5) is 0 Å². The van der Waals surface area contributed by atoms with Crippen LogP contribution in [0.5, 0.6) is 0 Å². The van der Waals surface area contributed by atoms with E-state index in [1.807, 2.05) is 23.8 Å². The van der Waals surface area contributed by atoms with Gasteiger partial charge in [0, 0.05) is 6.54 Å². The van der Waals surface area contributed by atoms with E-state index in [2.05, 4.69) is 5.32 Å². The summed E-state index contributed by atoms with van der Waals surface area (Å²) >= 11 is 0. The third-order valence-electron chi connectivity index (χ3n) is 3.77. The normalized spacial score (nSPS) is 21.7. The van der Waals surface area contributed by atoms with Crippen LogP contribution in [0, 0.1) is 12.8 Å². The number of nitrogens with one attached hydrogen (secondary N) is 2. The molecule has 132 valence electrons. The van der Waals surface area contributed by atoms with Crippen LogP contribution in [-0.4, -0.2) is 41.9 Å². The van der Waals surface area contributed by atoms with E-state index < -0.39 is 34.3 Å². The monoisotopic (exact) mass is 355 g/mol. The fourth-order valence-electron chi connectivity index (χ4n) is 2.56. The van der Waals surface area contributed by atoms with Crippen molar-refractivity contribution in [2.75, 3.05) is 0 Å². The maximum Gasteiger partial charge on any atom is 0.321 e. The van der Waals surface area contributed by atoms with E-state index in [0.717, 1.165) is 9.87 Å². The Hall–Kier alpha value is -1.97. The predicted octanol–water partition coefficient (Wildman–Crippen LogP) is 0.197. The zero-order chi connectivity index (χ0) is 18.1. The van der Waals surface area contributed by atoms with E-state index in [1.165, 1.54) is 0 Å². The van der Waals surface area contributed by atoms with Gasteiger partial charge in [-0.1, -0.05) is 43.7 Å². The largest absolute Gasteiger partial charge is 0.480 e. The minimum absolute atomic E-state index is 0.0369. The highest BCUT2D eigenvalue weighted by Crippen LogP contribution is 2.19. The highest BCUT2D eigenvalue weighted by atomic mass is 32.2. The van der Waals surface area contributed by atoms with Crippen molar-refractivity contribution in [3.63, 3.8) is 0 Å². The molecule has 8 nitrogen and oxygen atoms in total. The summed E-state index contributed by atoms with van der Waals surface area (Å²) in [5.41, 5.74) is 1.66. The molecule has 9 heteroatoms. The molecule has 0 saturated carbocycles. The van der Waals surface area contributed by atoms with E-state index >= 15 is 0 Å². The van der Waals surface area contributed by atoms with E-state index in [9.17, 15) is 23.1 Å². The van der Waals surface area contributed by atoms with Gasteiger partial charge in [-0.05, 0) is 18.4 Å². The number of rotatable bonds is 6. The summed E-state index contributed by atoms with van der Waals surface area (Å²) in [6.07, 6.45) is -1.26. The zero-order valence-corrected chi connectivity index (χ0v) is 14.5. The number of nitrogens with zero attached hydrogens (tertiary/aromatic N) is 1. The Bertz CT molecular complexity index is 747. The first-order valence-corrected chi connectivity index (χ1v) is 8.93. The van der Waals surface area contributed by atoms with E-state index in [4.69, 9.17) is 0 Å². The summed E-state index contributed by atoms with van der Waals surface area (Å²) in [7, 11) is -4.02. The van der Waals surface area contributed by atoms with Crippen molar-refractivity contribution in [1.82, 2.24) is 14.3 Å². The molecule has 0 radical (unpaired) electrons. The van der Waals surface area contributed by atoms with Crippen LogP contribution in [0.3, 0.4) is 0 Å². The summed E-state index contributed by atoms with van der Waals surface area (Å²) in [5.74, 6) is -2.24. The van der Waals surface area contributed by atoms with Gasteiger partial charge in [-0.15, -0.1) is 0 Å². The number of benzene rings is 1. The minimum Gasteiger partial charge on any atom is -0.480 e. The van der Waals surface area contributed by atoms with Crippen molar-refractivity contribution in [2.45, 2.75) is 39.5 Å². The second-order valence-electron chi connectivity index (χ2n) is 6.13. The number of carbonyl (C=O) groups excluding carboxylic acids is 1. The smallest absolute Gasteiger partial charge is 0.321 e. The lowest BCUT2D eigenvalue weighted by Gasteiger charge is -2.26. The van der Waals surface area contributed by atoms with Crippen LogP contribution in [0.25, 0.3) is 0 Å². The van der Waals surface area contributed by atoms with Gasteiger partial charge in [0.25, 0.3) is 5.91 Å². The maximum atomic E-state index is 12.2. The second kappa shape index (κ2) is 6.88. The minimum atomic E-state index is -4.02. The number of hydrogen-bond acceptors (Lipinski definition) is 5. The SMILES string of the molecule is Cc1cccc(CN2[C@@H](N[C@H](C(=O)O)C(C)C)C(=O)NS2(=O)=O)c1. The summed E-state index contributed by atoms with van der Waals surface area (Å²) in [6.45, 7) is 5.20. The molecule has 0 aromatic heterocycles. The first-order valence-electron chi connectivity index (χ1n) is 7.49. The van der Waals surface area contributed by atoms with Crippen molar-refractivity contribution in [1.29, 1.82) is 0 Å². The van der Waals surface area contributed by atoms with E-state index in [-0.39, 0.29) is 12.5 Å². The average Bonchev–Trinajstić information content (AvgIpc) is 2.65. The van der Waals surface area contributed by atoms with Gasteiger partial charge in [0.1, 0.15) is 6.04 Å². The number of aryl methyl sites for hydroxylation is 1. The molecule has 1 heterocycles. The highest BCUT2D eigenvalue weighted by molar-refractivity contribution is 7.88. The third kappa shape index (κ3) is 3.92. The van der Waals surface area contributed by atoms with Crippen molar-refractivity contribution < 1.29 is 23.1 Å². The number of aliphatic carboxylic acids is 1. The molecular formula is C15H21N3O5S. The Morgan fingerprint density at radius 3 is 2.62 bits per heavy atom. The predicted molar refractivity (Wildman–Crippen MR) is 87.0 cm³/mol. The second-order valence-corrected chi connectivity index (χ2v) is 7.76. The first kappa shape index (κ1) is 18.4. The highest BCUT2D eigenvalue weighted by Gasteiger charge is 2.45. The lowest BCUT2D eigenvalue weighted by molar-refractivity contribution is -0.141. The third-order valence-corrected chi connectivity index (χ3v) is 5.18. The molecule has 2 rings (SSSR count). The summed E-state index contributed by atoms with van der Waals surface area (Å²) in [6, 6.07) is 6.18. The summed E-state index contributed by atoms with van der Waals surface area (Å²) in [4.78, 5) is 23.4. The first-order chi connectivity index (χ1) is 11.1. The molecule has 1 aliphatic rings. The van der Waals surface area contributed by atoms with Crippen molar-refractivity contribution in [3.05, 3.63) is 35.4 Å². The number of hydrogen-bond donors (Lipinski definition) is 3. The Labute approximate surface area is 141 Å². The number of carbonyl (C=O) groups is 2. The van der Waals surface area contributed by atoms with Gasteiger partial charge in [0.15, 0.2) is 6.17 Å². The van der Waals surface area contributed by atoms with Crippen LogP contribution < -0.4 is 10.0 Å². The molecule has 1 aromatic carbocycles. The molecule has 0 unspecified atom stereocenters. The number of amides is 1. The van der Waals surface area contributed by atoms with Crippen molar-refractivity contribution in [3.8, 4) is 0 Å². The Morgan fingerprint density at radius 2 is 2.08 bits per heavy atom. The number of carboxylic acids is 1. The Kier molecular flexibility index (Phi) is 5.26. The summed E-state index contributed by atoms with van der Waals surface area (Å²) in [5, 5.41) is 11.9. The molecule has 2 atom stereocenters. The quantitative estimate of drug-likeness (QED) is 0.671. The molecular weight excluding hydrogens is 334 g/mol. The molecule has 1 saturated heterocycles. The van der Waals surface area contributed by atoms with Crippen molar-refractivity contribution >= 4 is 22.1 Å². The number of carboxylic acid groups (broad SMARTS) is 1. The van der Waals surface area contributed by atoms with Crippen molar-refractivity contribution in [2.24, 2.45) is 5.92 Å².